The maximum absolute atomic E-state index is 14.4. The van der Waals surface area contributed by atoms with Crippen molar-refractivity contribution in [1.82, 2.24) is 4.90 Å². The van der Waals surface area contributed by atoms with E-state index in [0.717, 1.165) is 12.1 Å². The number of carbonyl (C=O) groups excluding carboxylic acids is 2. The van der Waals surface area contributed by atoms with Gasteiger partial charge in [-0.15, -0.1) is 6.58 Å². The Hall–Kier alpha value is -4.59. The number of hydrogen-bond donors (Lipinski definition) is 0. The molecule has 1 unspecified atom stereocenters. The maximum atomic E-state index is 14.4. The zero-order valence-electron chi connectivity index (χ0n) is 18.8. The van der Waals surface area contributed by atoms with Gasteiger partial charge in [0.15, 0.2) is 11.0 Å². The molecule has 0 N–H and O–H groups in total. The second-order valence-electron chi connectivity index (χ2n) is 8.73. The minimum absolute atomic E-state index is 0.0440. The largest absolute Gasteiger partial charge is 0.450 e. The van der Waals surface area contributed by atoms with Crippen LogP contribution in [0.2, 0.25) is 0 Å². The molecule has 0 radical (unpaired) electrons. The molecule has 1 atom stereocenters. The first-order valence-electron chi connectivity index (χ1n) is 11.2. The summed E-state index contributed by atoms with van der Waals surface area (Å²) in [7, 11) is 0. The van der Waals surface area contributed by atoms with Crippen LogP contribution in [0.5, 0.6) is 0 Å². The van der Waals surface area contributed by atoms with Crippen molar-refractivity contribution in [2.45, 2.75) is 12.1 Å². The van der Waals surface area contributed by atoms with Crippen LogP contribution in [-0.4, -0.2) is 23.3 Å². The summed E-state index contributed by atoms with van der Waals surface area (Å²) >= 11 is 0. The summed E-state index contributed by atoms with van der Waals surface area (Å²) in [6.45, 7) is 3.76. The minimum atomic E-state index is -1.82. The molecule has 2 aliphatic heterocycles. The summed E-state index contributed by atoms with van der Waals surface area (Å²) < 4.78 is 33.4. The van der Waals surface area contributed by atoms with Crippen LogP contribution < -0.4 is 10.3 Å². The lowest BCUT2D eigenvalue weighted by Crippen LogP contribution is -2.53. The number of benzene rings is 3. The van der Waals surface area contributed by atoms with E-state index < -0.39 is 34.4 Å². The normalized spacial score (nSPS) is 18.3. The number of hydrogen-bond acceptors (Lipinski definition) is 4. The maximum Gasteiger partial charge on any atom is 0.291 e. The third-order valence-electron chi connectivity index (χ3n) is 6.76. The quantitative estimate of drug-likeness (QED) is 0.400. The zero-order chi connectivity index (χ0) is 25.2. The summed E-state index contributed by atoms with van der Waals surface area (Å²) in [6.07, 6.45) is 1.47. The highest BCUT2D eigenvalue weighted by Gasteiger charge is 2.64. The van der Waals surface area contributed by atoms with E-state index in [9.17, 15) is 23.2 Å². The van der Waals surface area contributed by atoms with Gasteiger partial charge in [-0.2, -0.15) is 0 Å². The molecular formula is C28H18F2N2O4. The molecule has 0 saturated carbocycles. The Labute approximate surface area is 203 Å². The molecule has 6 nitrogen and oxygen atoms in total. The van der Waals surface area contributed by atoms with E-state index in [1.54, 1.807) is 36.4 Å². The van der Waals surface area contributed by atoms with Crippen LogP contribution >= 0.6 is 0 Å². The fraction of sp³-hybridized carbons (Fsp3) is 0.107. The van der Waals surface area contributed by atoms with E-state index in [-0.39, 0.29) is 35.4 Å². The van der Waals surface area contributed by atoms with Gasteiger partial charge in [0.25, 0.3) is 11.8 Å². The fourth-order valence-electron chi connectivity index (χ4n) is 5.27. The fourth-order valence-corrected chi connectivity index (χ4v) is 5.27. The molecule has 1 spiro atoms. The van der Waals surface area contributed by atoms with Gasteiger partial charge in [0.2, 0.25) is 5.76 Å². The number of rotatable bonds is 4. The Bertz CT molecular complexity index is 1660. The number of para-hydroxylation sites is 1. The van der Waals surface area contributed by atoms with Crippen molar-refractivity contribution in [3.8, 4) is 0 Å². The number of anilines is 1. The van der Waals surface area contributed by atoms with Gasteiger partial charge in [-0.05, 0) is 42.0 Å². The van der Waals surface area contributed by atoms with E-state index in [1.165, 1.54) is 34.1 Å². The molecule has 2 aliphatic rings. The van der Waals surface area contributed by atoms with Gasteiger partial charge in [-0.3, -0.25) is 14.4 Å². The van der Waals surface area contributed by atoms with E-state index >= 15 is 0 Å². The van der Waals surface area contributed by atoms with Crippen molar-refractivity contribution in [3.63, 3.8) is 0 Å². The second-order valence-corrected chi connectivity index (χ2v) is 8.73. The molecular weight excluding hydrogens is 466 g/mol. The predicted octanol–water partition coefficient (Wildman–Crippen LogP) is 4.50. The first kappa shape index (κ1) is 21.9. The summed E-state index contributed by atoms with van der Waals surface area (Å²) in [4.78, 5) is 44.6. The summed E-state index contributed by atoms with van der Waals surface area (Å²) in [5.41, 5.74) is -0.994. The van der Waals surface area contributed by atoms with E-state index in [2.05, 4.69) is 6.58 Å². The molecule has 3 heterocycles. The summed E-state index contributed by atoms with van der Waals surface area (Å²) in [5.74, 6) is -2.49. The monoisotopic (exact) mass is 484 g/mol. The average Bonchev–Trinajstić information content (AvgIpc) is 3.26. The number of nitrogens with zero attached hydrogens (tertiary/aromatic N) is 2. The summed E-state index contributed by atoms with van der Waals surface area (Å²) in [5, 5.41) is -0.0661. The lowest BCUT2D eigenvalue weighted by atomic mass is 9.84. The van der Waals surface area contributed by atoms with Crippen molar-refractivity contribution < 1.29 is 22.8 Å². The van der Waals surface area contributed by atoms with Crippen LogP contribution in [0.15, 0.2) is 88.6 Å². The Balaban J connectivity index is 1.66. The second kappa shape index (κ2) is 7.71. The van der Waals surface area contributed by atoms with E-state index in [4.69, 9.17) is 4.42 Å². The van der Waals surface area contributed by atoms with Gasteiger partial charge in [-0.1, -0.05) is 36.4 Å². The molecule has 36 heavy (non-hydrogen) atoms. The Morgan fingerprint density at radius 2 is 1.67 bits per heavy atom. The highest BCUT2D eigenvalue weighted by Crippen LogP contribution is 2.52. The van der Waals surface area contributed by atoms with Gasteiger partial charge in [-0.25, -0.2) is 8.78 Å². The Morgan fingerprint density at radius 3 is 2.42 bits per heavy atom. The van der Waals surface area contributed by atoms with Gasteiger partial charge in [0, 0.05) is 12.1 Å². The number of halogens is 2. The first-order chi connectivity index (χ1) is 17.4. The lowest BCUT2D eigenvalue weighted by molar-refractivity contribution is -0.126. The van der Waals surface area contributed by atoms with Crippen molar-refractivity contribution >= 4 is 28.5 Å². The molecule has 1 aromatic heterocycles. The molecule has 4 aromatic rings. The van der Waals surface area contributed by atoms with Gasteiger partial charge < -0.3 is 14.2 Å². The van der Waals surface area contributed by atoms with Crippen LogP contribution in [0.4, 0.5) is 14.5 Å². The van der Waals surface area contributed by atoms with Gasteiger partial charge >= 0.3 is 0 Å². The SMILES string of the molecule is C=CCN1C(=O)c2oc3ccc(F)cc3c(=O)c2C12C(=O)N(Cc1ccc(F)cc1)c1ccccc12. The van der Waals surface area contributed by atoms with Crippen LogP contribution in [-0.2, 0) is 16.9 Å². The van der Waals surface area contributed by atoms with Crippen molar-refractivity contribution in [3.05, 3.63) is 124 Å². The molecule has 3 aromatic carbocycles. The van der Waals surface area contributed by atoms with Gasteiger partial charge in [0.1, 0.15) is 17.2 Å². The number of carbonyl (C=O) groups is 2. The van der Waals surface area contributed by atoms with Gasteiger partial charge in [0.05, 0.1) is 23.2 Å². The zero-order valence-corrected chi connectivity index (χ0v) is 18.8. The summed E-state index contributed by atoms with van der Waals surface area (Å²) in [6, 6.07) is 16.1. The molecule has 8 heteroatoms. The minimum Gasteiger partial charge on any atom is -0.450 e. The molecule has 0 fully saturated rings. The van der Waals surface area contributed by atoms with Crippen LogP contribution in [0.25, 0.3) is 11.0 Å². The van der Waals surface area contributed by atoms with E-state index in [0.29, 0.717) is 16.8 Å². The van der Waals surface area contributed by atoms with Crippen LogP contribution in [0.1, 0.15) is 27.2 Å². The topological polar surface area (TPSA) is 70.8 Å². The molecule has 0 saturated heterocycles. The van der Waals surface area contributed by atoms with Crippen molar-refractivity contribution in [2.24, 2.45) is 0 Å². The Kier molecular flexibility index (Phi) is 4.69. The lowest BCUT2D eigenvalue weighted by Gasteiger charge is -2.33. The highest BCUT2D eigenvalue weighted by atomic mass is 19.1. The van der Waals surface area contributed by atoms with Crippen LogP contribution in [0, 0.1) is 11.6 Å². The molecule has 2 amide bonds. The molecule has 6 rings (SSSR count). The molecule has 0 aliphatic carbocycles. The number of amides is 2. The highest BCUT2D eigenvalue weighted by molar-refractivity contribution is 6.17. The predicted molar refractivity (Wildman–Crippen MR) is 128 cm³/mol. The third kappa shape index (κ3) is 2.78. The number of fused-ring (bicyclic) bond motifs is 5. The van der Waals surface area contributed by atoms with E-state index in [1.807, 2.05) is 0 Å². The third-order valence-corrected chi connectivity index (χ3v) is 6.76. The average molecular weight is 484 g/mol. The smallest absolute Gasteiger partial charge is 0.291 e. The van der Waals surface area contributed by atoms with Crippen LogP contribution in [0.3, 0.4) is 0 Å². The standard InChI is InChI=1S/C28H18F2N2O4/c1-2-13-32-26(34)25-23(24(33)19-14-18(30)11-12-22(19)36-25)28(32)20-5-3-4-6-21(20)31(27(28)35)15-16-7-9-17(29)10-8-16/h2-12,14H,1,13,15H2. The Morgan fingerprint density at radius 1 is 0.944 bits per heavy atom. The van der Waals surface area contributed by atoms with Crippen molar-refractivity contribution in [2.75, 3.05) is 11.4 Å². The molecule has 0 bridgehead atoms. The van der Waals surface area contributed by atoms with Crippen molar-refractivity contribution in [1.29, 1.82) is 0 Å². The first-order valence-corrected chi connectivity index (χ1v) is 11.2. The molecule has 178 valence electrons.